The summed E-state index contributed by atoms with van der Waals surface area (Å²) in [6.45, 7) is 2.70. The summed E-state index contributed by atoms with van der Waals surface area (Å²) in [5.41, 5.74) is 1.58. The quantitative estimate of drug-likeness (QED) is 0.565. The number of thiocarbonyl (C=S) groups is 1. The van der Waals surface area contributed by atoms with Crippen molar-refractivity contribution in [1.82, 2.24) is 5.32 Å². The molecule has 0 fully saturated rings. The molecule has 1 amide bonds. The van der Waals surface area contributed by atoms with E-state index in [9.17, 15) is 4.79 Å². The molecule has 2 aromatic carbocycles. The molecule has 0 spiro atoms. The number of nitriles is 1. The molecule has 0 atom stereocenters. The second-order valence-electron chi connectivity index (χ2n) is 5.65. The van der Waals surface area contributed by atoms with Crippen LogP contribution in [0.1, 0.15) is 42.1 Å². The van der Waals surface area contributed by atoms with E-state index in [0.29, 0.717) is 29.2 Å². The van der Waals surface area contributed by atoms with Crippen LogP contribution >= 0.6 is 12.2 Å². The van der Waals surface area contributed by atoms with E-state index in [4.69, 9.17) is 22.2 Å². The molecule has 2 rings (SSSR count). The summed E-state index contributed by atoms with van der Waals surface area (Å²) >= 11 is 5.19. The molecule has 0 unspecified atom stereocenters. The molecule has 0 aliphatic carbocycles. The predicted molar refractivity (Wildman–Crippen MR) is 106 cm³/mol. The van der Waals surface area contributed by atoms with Gasteiger partial charge in [-0.1, -0.05) is 38.0 Å². The molecular formula is C20H21N3O2S. The van der Waals surface area contributed by atoms with Gasteiger partial charge < -0.3 is 10.1 Å². The lowest BCUT2D eigenvalue weighted by atomic mass is 10.2. The number of ether oxygens (including phenoxy) is 1. The minimum absolute atomic E-state index is 0.158. The van der Waals surface area contributed by atoms with Crippen molar-refractivity contribution in [3.63, 3.8) is 0 Å². The van der Waals surface area contributed by atoms with Gasteiger partial charge >= 0.3 is 0 Å². The van der Waals surface area contributed by atoms with Crippen molar-refractivity contribution in [1.29, 1.82) is 5.26 Å². The molecule has 2 aromatic rings. The summed E-state index contributed by atoms with van der Waals surface area (Å²) in [7, 11) is 0. The summed E-state index contributed by atoms with van der Waals surface area (Å²) in [6, 6.07) is 16.0. The number of hydrogen-bond donors (Lipinski definition) is 2. The smallest absolute Gasteiger partial charge is 0.261 e. The molecular weight excluding hydrogens is 346 g/mol. The largest absolute Gasteiger partial charge is 0.493 e. The van der Waals surface area contributed by atoms with Crippen LogP contribution in [0.3, 0.4) is 0 Å². The number of carbonyl (C=O) groups is 1. The molecule has 2 N–H and O–H groups in total. The van der Waals surface area contributed by atoms with Crippen LogP contribution in [0.15, 0.2) is 48.5 Å². The zero-order valence-corrected chi connectivity index (χ0v) is 15.4. The monoisotopic (exact) mass is 367 g/mol. The molecule has 0 heterocycles. The molecule has 0 bridgehead atoms. The number of para-hydroxylation sites is 1. The van der Waals surface area contributed by atoms with E-state index in [1.165, 1.54) is 0 Å². The van der Waals surface area contributed by atoms with Gasteiger partial charge in [0.15, 0.2) is 5.11 Å². The molecule has 0 aliphatic heterocycles. The van der Waals surface area contributed by atoms with E-state index in [-0.39, 0.29) is 11.0 Å². The average molecular weight is 367 g/mol. The molecule has 6 heteroatoms. The van der Waals surface area contributed by atoms with Crippen molar-refractivity contribution in [2.45, 2.75) is 26.2 Å². The number of hydrogen-bond acceptors (Lipinski definition) is 4. The van der Waals surface area contributed by atoms with E-state index in [1.807, 2.05) is 6.07 Å². The van der Waals surface area contributed by atoms with Crippen LogP contribution in [0.2, 0.25) is 0 Å². The molecule has 5 nitrogen and oxygen atoms in total. The van der Waals surface area contributed by atoms with Gasteiger partial charge in [0.05, 0.1) is 23.8 Å². The van der Waals surface area contributed by atoms with Crippen LogP contribution in [-0.2, 0) is 0 Å². The molecule has 0 saturated carbocycles. The zero-order chi connectivity index (χ0) is 18.8. The summed E-state index contributed by atoms with van der Waals surface area (Å²) in [6.07, 6.45) is 3.14. The van der Waals surface area contributed by atoms with Gasteiger partial charge in [-0.15, -0.1) is 0 Å². The number of carbonyl (C=O) groups excluding carboxylic acids is 1. The van der Waals surface area contributed by atoms with Crippen molar-refractivity contribution < 1.29 is 9.53 Å². The predicted octanol–water partition coefficient (Wildman–Crippen LogP) is 4.25. The molecule has 26 heavy (non-hydrogen) atoms. The number of benzene rings is 2. The first-order valence-electron chi connectivity index (χ1n) is 8.48. The summed E-state index contributed by atoms with van der Waals surface area (Å²) in [5.74, 6) is 0.195. The SMILES string of the molecule is CCCCCOc1ccccc1C(=O)NC(=S)Nc1cccc(C#N)c1. The Morgan fingerprint density at radius 3 is 2.77 bits per heavy atom. The third-order valence-electron chi connectivity index (χ3n) is 3.61. The summed E-state index contributed by atoms with van der Waals surface area (Å²) < 4.78 is 5.73. The van der Waals surface area contributed by atoms with Gasteiger partial charge in [0.25, 0.3) is 5.91 Å². The van der Waals surface area contributed by atoms with E-state index >= 15 is 0 Å². The van der Waals surface area contributed by atoms with Crippen LogP contribution in [-0.4, -0.2) is 17.6 Å². The van der Waals surface area contributed by atoms with Crippen molar-refractivity contribution in [3.05, 3.63) is 59.7 Å². The maximum Gasteiger partial charge on any atom is 0.261 e. The Labute approximate surface area is 159 Å². The third kappa shape index (κ3) is 5.87. The van der Waals surface area contributed by atoms with Gasteiger partial charge in [0.1, 0.15) is 5.75 Å². The van der Waals surface area contributed by atoms with Crippen molar-refractivity contribution in [3.8, 4) is 11.8 Å². The van der Waals surface area contributed by atoms with Crippen molar-refractivity contribution in [2.75, 3.05) is 11.9 Å². The Hall–Kier alpha value is -2.91. The minimum atomic E-state index is -0.343. The fourth-order valence-electron chi connectivity index (χ4n) is 2.31. The normalized spacial score (nSPS) is 9.85. The topological polar surface area (TPSA) is 74.2 Å². The molecule has 0 saturated heterocycles. The highest BCUT2D eigenvalue weighted by atomic mass is 32.1. The highest BCUT2D eigenvalue weighted by Crippen LogP contribution is 2.18. The number of amides is 1. The van der Waals surface area contributed by atoms with Gasteiger partial charge in [0, 0.05) is 5.69 Å². The fraction of sp³-hybridized carbons (Fsp3) is 0.250. The molecule has 0 radical (unpaired) electrons. The molecule has 0 aliphatic rings. The average Bonchev–Trinajstić information content (AvgIpc) is 2.65. The van der Waals surface area contributed by atoms with E-state index in [0.717, 1.165) is 19.3 Å². The van der Waals surface area contributed by atoms with Gasteiger partial charge in [0.2, 0.25) is 0 Å². The number of anilines is 1. The van der Waals surface area contributed by atoms with Gasteiger partial charge in [-0.05, 0) is 49.0 Å². The maximum atomic E-state index is 12.5. The lowest BCUT2D eigenvalue weighted by Gasteiger charge is -2.13. The van der Waals surface area contributed by atoms with Crippen molar-refractivity contribution >= 4 is 28.9 Å². The van der Waals surface area contributed by atoms with Crippen LogP contribution in [0, 0.1) is 11.3 Å². The molecule has 0 aromatic heterocycles. The van der Waals surface area contributed by atoms with Crippen molar-refractivity contribution in [2.24, 2.45) is 0 Å². The van der Waals surface area contributed by atoms with Crippen LogP contribution in [0.5, 0.6) is 5.75 Å². The van der Waals surface area contributed by atoms with Crippen LogP contribution in [0.25, 0.3) is 0 Å². The summed E-state index contributed by atoms with van der Waals surface area (Å²) in [5, 5.41) is 14.6. The first-order valence-corrected chi connectivity index (χ1v) is 8.89. The summed E-state index contributed by atoms with van der Waals surface area (Å²) in [4.78, 5) is 12.5. The first-order chi connectivity index (χ1) is 12.6. The number of nitrogens with one attached hydrogen (secondary N) is 2. The number of unbranched alkanes of at least 4 members (excludes halogenated alkanes) is 2. The van der Waals surface area contributed by atoms with Gasteiger partial charge in [-0.25, -0.2) is 0 Å². The Bertz CT molecular complexity index is 815. The molecule has 134 valence electrons. The van der Waals surface area contributed by atoms with Gasteiger partial charge in [-0.2, -0.15) is 5.26 Å². The lowest BCUT2D eigenvalue weighted by molar-refractivity contribution is 0.0973. The standard InChI is InChI=1S/C20H21N3O2S/c1-2-3-6-12-25-18-11-5-4-10-17(18)19(24)23-20(26)22-16-9-7-8-15(13-16)14-21/h4-5,7-11,13H,2-3,6,12H2,1H3,(H2,22,23,24,26). The van der Waals surface area contributed by atoms with E-state index in [2.05, 4.69) is 23.6 Å². The second kappa shape index (κ2) is 10.2. The van der Waals surface area contributed by atoms with Gasteiger partial charge in [-0.3, -0.25) is 10.1 Å². The minimum Gasteiger partial charge on any atom is -0.493 e. The highest BCUT2D eigenvalue weighted by Gasteiger charge is 2.13. The Morgan fingerprint density at radius 2 is 2.00 bits per heavy atom. The second-order valence-corrected chi connectivity index (χ2v) is 6.06. The van der Waals surface area contributed by atoms with Crippen LogP contribution in [0.4, 0.5) is 5.69 Å². The Morgan fingerprint density at radius 1 is 1.19 bits per heavy atom. The Kier molecular flexibility index (Phi) is 7.59. The zero-order valence-electron chi connectivity index (χ0n) is 14.6. The number of rotatable bonds is 7. The van der Waals surface area contributed by atoms with Crippen LogP contribution < -0.4 is 15.4 Å². The lowest BCUT2D eigenvalue weighted by Crippen LogP contribution is -2.34. The number of nitrogens with zero attached hydrogens (tertiary/aromatic N) is 1. The highest BCUT2D eigenvalue weighted by molar-refractivity contribution is 7.80. The van der Waals surface area contributed by atoms with E-state index < -0.39 is 0 Å². The third-order valence-corrected chi connectivity index (χ3v) is 3.82. The maximum absolute atomic E-state index is 12.5. The fourth-order valence-corrected chi connectivity index (χ4v) is 2.52. The first kappa shape index (κ1) is 19.4. The Balaban J connectivity index is 1.98. The van der Waals surface area contributed by atoms with E-state index in [1.54, 1.807) is 42.5 Å².